The lowest BCUT2D eigenvalue weighted by atomic mass is 10.1. The maximum absolute atomic E-state index is 12.9. The standard InChI is InChI=1S/C23H22O7/c1-12-16(30-23(25)13-5-6-13)8-7-15-21(24)20(29-22(12)15)10-14-9-18(27-3)19(28-4)11-17(14)26-2/h7-11,13H,5-6H2,1-4H3/b20-10-. The van der Waals surface area contributed by atoms with E-state index in [1.54, 1.807) is 37.3 Å². The third-order valence-electron chi connectivity index (χ3n) is 5.18. The number of esters is 1. The second-order valence-corrected chi connectivity index (χ2v) is 7.15. The van der Waals surface area contributed by atoms with Gasteiger partial charge >= 0.3 is 5.97 Å². The summed E-state index contributed by atoms with van der Waals surface area (Å²) in [5.41, 5.74) is 1.63. The van der Waals surface area contributed by atoms with Crippen LogP contribution in [0, 0.1) is 12.8 Å². The molecule has 30 heavy (non-hydrogen) atoms. The Morgan fingerprint density at radius 3 is 2.30 bits per heavy atom. The number of carbonyl (C=O) groups excluding carboxylic acids is 2. The second kappa shape index (κ2) is 7.74. The molecular weight excluding hydrogens is 388 g/mol. The van der Waals surface area contributed by atoms with Crippen molar-refractivity contribution in [3.8, 4) is 28.7 Å². The highest BCUT2D eigenvalue weighted by Gasteiger charge is 2.34. The molecule has 0 radical (unpaired) electrons. The highest BCUT2D eigenvalue weighted by Crippen LogP contribution is 2.42. The molecule has 0 spiro atoms. The Morgan fingerprint density at radius 1 is 1.00 bits per heavy atom. The van der Waals surface area contributed by atoms with E-state index in [1.807, 2.05) is 0 Å². The van der Waals surface area contributed by atoms with Crippen molar-refractivity contribution < 1.29 is 33.3 Å². The van der Waals surface area contributed by atoms with E-state index in [9.17, 15) is 9.59 Å². The zero-order valence-corrected chi connectivity index (χ0v) is 17.2. The van der Waals surface area contributed by atoms with E-state index in [-0.39, 0.29) is 23.4 Å². The van der Waals surface area contributed by atoms with E-state index in [4.69, 9.17) is 23.7 Å². The maximum atomic E-state index is 12.9. The molecule has 1 heterocycles. The van der Waals surface area contributed by atoms with Crippen LogP contribution in [0.2, 0.25) is 0 Å². The Bertz CT molecular complexity index is 1060. The van der Waals surface area contributed by atoms with Crippen LogP contribution >= 0.6 is 0 Å². The Balaban J connectivity index is 1.68. The molecule has 0 atom stereocenters. The van der Waals surface area contributed by atoms with E-state index in [2.05, 4.69) is 0 Å². The first-order chi connectivity index (χ1) is 14.5. The molecule has 4 rings (SSSR count). The van der Waals surface area contributed by atoms with E-state index in [0.717, 1.165) is 12.8 Å². The Labute approximate surface area is 174 Å². The monoisotopic (exact) mass is 410 g/mol. The molecule has 1 fully saturated rings. The first-order valence-corrected chi connectivity index (χ1v) is 9.56. The first kappa shape index (κ1) is 19.8. The summed E-state index contributed by atoms with van der Waals surface area (Å²) in [5.74, 6) is 1.93. The van der Waals surface area contributed by atoms with E-state index in [0.29, 0.717) is 45.4 Å². The van der Waals surface area contributed by atoms with Gasteiger partial charge in [-0.25, -0.2) is 0 Å². The number of ketones is 1. The summed E-state index contributed by atoms with van der Waals surface area (Å²) in [5, 5.41) is 0. The van der Waals surface area contributed by atoms with Crippen molar-refractivity contribution in [3.63, 3.8) is 0 Å². The van der Waals surface area contributed by atoms with Crippen molar-refractivity contribution in [1.82, 2.24) is 0 Å². The van der Waals surface area contributed by atoms with Crippen molar-refractivity contribution >= 4 is 17.8 Å². The Kier molecular flexibility index (Phi) is 5.11. The van der Waals surface area contributed by atoms with Crippen LogP contribution < -0.4 is 23.7 Å². The fraction of sp³-hybridized carbons (Fsp3) is 0.304. The average molecular weight is 410 g/mol. The highest BCUT2D eigenvalue weighted by molar-refractivity contribution is 6.15. The fourth-order valence-electron chi connectivity index (χ4n) is 3.30. The number of hydrogen-bond acceptors (Lipinski definition) is 7. The van der Waals surface area contributed by atoms with Crippen LogP contribution in [0.15, 0.2) is 30.0 Å². The number of benzene rings is 2. The number of fused-ring (bicyclic) bond motifs is 1. The molecule has 0 unspecified atom stereocenters. The Morgan fingerprint density at radius 2 is 1.67 bits per heavy atom. The van der Waals surface area contributed by atoms with Gasteiger partial charge in [0.1, 0.15) is 17.2 Å². The van der Waals surface area contributed by atoms with Crippen molar-refractivity contribution in [3.05, 3.63) is 46.7 Å². The number of Topliss-reactive ketones (excluding diaryl/α,β-unsaturated/α-hetero) is 1. The van der Waals surface area contributed by atoms with Crippen LogP contribution in [0.5, 0.6) is 28.7 Å². The molecule has 156 valence electrons. The number of hydrogen-bond donors (Lipinski definition) is 0. The van der Waals surface area contributed by atoms with Gasteiger partial charge in [0.15, 0.2) is 17.3 Å². The summed E-state index contributed by atoms with van der Waals surface area (Å²) in [6.45, 7) is 1.77. The van der Waals surface area contributed by atoms with Crippen molar-refractivity contribution in [2.75, 3.05) is 21.3 Å². The summed E-state index contributed by atoms with van der Waals surface area (Å²) in [4.78, 5) is 24.9. The predicted octanol–water partition coefficient (Wildman–Crippen LogP) is 3.95. The zero-order chi connectivity index (χ0) is 21.4. The molecule has 0 bridgehead atoms. The molecule has 1 aliphatic heterocycles. The van der Waals surface area contributed by atoms with Crippen molar-refractivity contribution in [2.24, 2.45) is 5.92 Å². The van der Waals surface area contributed by atoms with E-state index >= 15 is 0 Å². The number of methoxy groups -OCH3 is 3. The lowest BCUT2D eigenvalue weighted by molar-refractivity contribution is -0.135. The topological polar surface area (TPSA) is 80.3 Å². The predicted molar refractivity (Wildman–Crippen MR) is 109 cm³/mol. The summed E-state index contributed by atoms with van der Waals surface area (Å²) >= 11 is 0. The summed E-state index contributed by atoms with van der Waals surface area (Å²) < 4.78 is 27.4. The first-order valence-electron chi connectivity index (χ1n) is 9.56. The fourth-order valence-corrected chi connectivity index (χ4v) is 3.30. The van der Waals surface area contributed by atoms with Gasteiger partial charge in [0.25, 0.3) is 0 Å². The van der Waals surface area contributed by atoms with E-state index in [1.165, 1.54) is 21.3 Å². The van der Waals surface area contributed by atoms with Crippen LogP contribution in [0.4, 0.5) is 0 Å². The molecule has 0 aromatic heterocycles. The van der Waals surface area contributed by atoms with Gasteiger partial charge in [-0.3, -0.25) is 9.59 Å². The summed E-state index contributed by atoms with van der Waals surface area (Å²) in [6.07, 6.45) is 3.31. The summed E-state index contributed by atoms with van der Waals surface area (Å²) in [6, 6.07) is 6.64. The SMILES string of the molecule is COc1cc(OC)c(OC)cc1/C=C1\Oc2c(ccc(OC(=O)C3CC3)c2C)C1=O. The molecular formula is C23H22O7. The molecule has 0 N–H and O–H groups in total. The normalized spacial score (nSPS) is 16.1. The number of ether oxygens (including phenoxy) is 5. The summed E-state index contributed by atoms with van der Waals surface area (Å²) in [7, 11) is 4.59. The van der Waals surface area contributed by atoms with Gasteiger partial charge < -0.3 is 23.7 Å². The van der Waals surface area contributed by atoms with Gasteiger partial charge in [-0.05, 0) is 44.0 Å². The smallest absolute Gasteiger partial charge is 0.314 e. The van der Waals surface area contributed by atoms with Crippen molar-refractivity contribution in [2.45, 2.75) is 19.8 Å². The molecule has 1 saturated carbocycles. The van der Waals surface area contributed by atoms with Crippen LogP contribution in [0.25, 0.3) is 6.08 Å². The van der Waals surface area contributed by atoms with E-state index < -0.39 is 0 Å². The third-order valence-corrected chi connectivity index (χ3v) is 5.18. The molecule has 7 nitrogen and oxygen atoms in total. The largest absolute Gasteiger partial charge is 0.496 e. The van der Waals surface area contributed by atoms with Gasteiger partial charge in [-0.2, -0.15) is 0 Å². The molecule has 0 saturated heterocycles. The molecule has 7 heteroatoms. The minimum absolute atomic E-state index is 0.0202. The highest BCUT2D eigenvalue weighted by atomic mass is 16.5. The molecule has 2 aromatic carbocycles. The maximum Gasteiger partial charge on any atom is 0.314 e. The number of carbonyl (C=O) groups is 2. The number of rotatable bonds is 6. The van der Waals surface area contributed by atoms with Crippen LogP contribution in [-0.2, 0) is 4.79 Å². The minimum Gasteiger partial charge on any atom is -0.496 e. The number of allylic oxidation sites excluding steroid dienone is 1. The zero-order valence-electron chi connectivity index (χ0n) is 17.2. The molecule has 2 aliphatic rings. The third kappa shape index (κ3) is 3.47. The van der Waals surface area contributed by atoms with Crippen LogP contribution in [0.3, 0.4) is 0 Å². The van der Waals surface area contributed by atoms with Gasteiger partial charge in [0.2, 0.25) is 5.78 Å². The van der Waals surface area contributed by atoms with Gasteiger partial charge in [-0.1, -0.05) is 0 Å². The molecule has 0 amide bonds. The van der Waals surface area contributed by atoms with Gasteiger partial charge in [0, 0.05) is 17.2 Å². The van der Waals surface area contributed by atoms with Crippen LogP contribution in [0.1, 0.15) is 34.3 Å². The molecule has 2 aromatic rings. The van der Waals surface area contributed by atoms with Crippen molar-refractivity contribution in [1.29, 1.82) is 0 Å². The minimum atomic E-state index is -0.259. The van der Waals surface area contributed by atoms with Gasteiger partial charge in [-0.15, -0.1) is 0 Å². The second-order valence-electron chi connectivity index (χ2n) is 7.15. The van der Waals surface area contributed by atoms with Gasteiger partial charge in [0.05, 0.1) is 32.8 Å². The molecule has 1 aliphatic carbocycles. The Hall–Kier alpha value is -3.48. The lowest BCUT2D eigenvalue weighted by Crippen LogP contribution is -2.10. The average Bonchev–Trinajstić information content (AvgIpc) is 3.56. The quantitative estimate of drug-likeness (QED) is 0.405. The lowest BCUT2D eigenvalue weighted by Gasteiger charge is -2.12. The van der Waals surface area contributed by atoms with Crippen LogP contribution in [-0.4, -0.2) is 33.1 Å².